The van der Waals surface area contributed by atoms with Gasteiger partial charge in [0, 0.05) is 5.69 Å². The topological polar surface area (TPSA) is 36.7 Å². The minimum Gasteiger partial charge on any atom is -0.256 e. The molecule has 0 saturated heterocycles. The number of aryl methyl sites for hydroxylation is 2. The number of nitriles is 1. The fraction of sp³-hybridized carbons (Fsp3) is 0.333. The minimum absolute atomic E-state index is 0.659. The smallest absolute Gasteiger partial charge is 0.101 e. The van der Waals surface area contributed by atoms with E-state index in [0.29, 0.717) is 5.56 Å². The summed E-state index contributed by atoms with van der Waals surface area (Å²) in [5, 5.41) is 8.85. The van der Waals surface area contributed by atoms with Crippen LogP contribution in [0.5, 0.6) is 0 Å². The molecule has 2 nitrogen and oxygen atoms in total. The van der Waals surface area contributed by atoms with Crippen molar-refractivity contribution in [3.05, 3.63) is 34.7 Å². The summed E-state index contributed by atoms with van der Waals surface area (Å²) in [6.07, 6.45) is 5.08. The van der Waals surface area contributed by atoms with E-state index in [1.54, 1.807) is 0 Å². The Morgan fingerprint density at radius 1 is 1.43 bits per heavy atom. The lowest BCUT2D eigenvalue weighted by atomic mass is 10.1. The highest BCUT2D eigenvalue weighted by atomic mass is 14.7. The molecule has 0 saturated carbocycles. The average Bonchev–Trinajstić information content (AvgIpc) is 2.17. The fourth-order valence-electron chi connectivity index (χ4n) is 1.27. The predicted octanol–water partition coefficient (Wildman–Crippen LogP) is 2.99. The Labute approximate surface area is 84.9 Å². The van der Waals surface area contributed by atoms with E-state index < -0.39 is 0 Å². The summed E-state index contributed by atoms with van der Waals surface area (Å²) >= 11 is 0. The summed E-state index contributed by atoms with van der Waals surface area (Å²) in [7, 11) is 0. The first-order valence-electron chi connectivity index (χ1n) is 4.74. The molecular weight excluding hydrogens is 172 g/mol. The van der Waals surface area contributed by atoms with E-state index in [1.807, 2.05) is 26.0 Å². The molecule has 0 fully saturated rings. The molecule has 1 rings (SSSR count). The molecule has 0 bridgehead atoms. The van der Waals surface area contributed by atoms with Crippen LogP contribution in [0.2, 0.25) is 0 Å². The molecule has 0 aliphatic rings. The van der Waals surface area contributed by atoms with Crippen LogP contribution in [0.25, 0.3) is 6.08 Å². The van der Waals surface area contributed by atoms with Crippen molar-refractivity contribution in [2.45, 2.75) is 27.2 Å². The van der Waals surface area contributed by atoms with E-state index >= 15 is 0 Å². The maximum Gasteiger partial charge on any atom is 0.101 e. The van der Waals surface area contributed by atoms with Gasteiger partial charge in [-0.3, -0.25) is 4.98 Å². The van der Waals surface area contributed by atoms with Crippen molar-refractivity contribution in [3.63, 3.8) is 0 Å². The highest BCUT2D eigenvalue weighted by molar-refractivity contribution is 5.55. The van der Waals surface area contributed by atoms with Gasteiger partial charge in [0.15, 0.2) is 0 Å². The van der Waals surface area contributed by atoms with Crippen LogP contribution in [-0.4, -0.2) is 4.98 Å². The van der Waals surface area contributed by atoms with Crippen LogP contribution in [0.15, 0.2) is 12.1 Å². The number of aromatic nitrogens is 1. The Morgan fingerprint density at radius 2 is 2.14 bits per heavy atom. The van der Waals surface area contributed by atoms with E-state index in [2.05, 4.69) is 24.1 Å². The van der Waals surface area contributed by atoms with Gasteiger partial charge in [0.1, 0.15) is 6.07 Å². The lowest BCUT2D eigenvalue weighted by molar-refractivity contribution is 1.10. The van der Waals surface area contributed by atoms with Crippen molar-refractivity contribution in [1.29, 1.82) is 5.26 Å². The molecule has 14 heavy (non-hydrogen) atoms. The first-order valence-corrected chi connectivity index (χ1v) is 4.74. The molecule has 2 heteroatoms. The summed E-state index contributed by atoms with van der Waals surface area (Å²) in [6.45, 7) is 5.90. The molecule has 0 spiro atoms. The zero-order valence-electron chi connectivity index (χ0n) is 8.83. The molecule has 0 amide bonds. The van der Waals surface area contributed by atoms with Gasteiger partial charge < -0.3 is 0 Å². The molecule has 72 valence electrons. The molecule has 0 atom stereocenters. The van der Waals surface area contributed by atoms with Crippen LogP contribution in [0.4, 0.5) is 0 Å². The van der Waals surface area contributed by atoms with Gasteiger partial charge in [-0.2, -0.15) is 5.26 Å². The predicted molar refractivity (Wildman–Crippen MR) is 57.8 cm³/mol. The molecule has 0 unspecified atom stereocenters. The van der Waals surface area contributed by atoms with E-state index in [4.69, 9.17) is 5.26 Å². The summed E-state index contributed by atoms with van der Waals surface area (Å²) in [6, 6.07) is 4.04. The Bertz CT molecular complexity index is 398. The van der Waals surface area contributed by atoms with Gasteiger partial charge in [0.2, 0.25) is 0 Å². The molecule has 0 aromatic carbocycles. The summed E-state index contributed by atoms with van der Waals surface area (Å²) in [5.74, 6) is 0. The Balaban J connectivity index is 3.19. The first-order chi connectivity index (χ1) is 6.69. The Kier molecular flexibility index (Phi) is 3.41. The molecule has 0 N–H and O–H groups in total. The number of pyridine rings is 1. The third kappa shape index (κ3) is 2.20. The van der Waals surface area contributed by atoms with Crippen LogP contribution < -0.4 is 0 Å². The monoisotopic (exact) mass is 186 g/mol. The quantitative estimate of drug-likeness (QED) is 0.712. The molecule has 0 aliphatic carbocycles. The average molecular weight is 186 g/mol. The van der Waals surface area contributed by atoms with Crippen molar-refractivity contribution >= 4 is 6.08 Å². The van der Waals surface area contributed by atoms with Crippen LogP contribution >= 0.6 is 0 Å². The fourth-order valence-corrected chi connectivity index (χ4v) is 1.27. The summed E-state index contributed by atoms with van der Waals surface area (Å²) < 4.78 is 0. The lowest BCUT2D eigenvalue weighted by Gasteiger charge is -2.03. The van der Waals surface area contributed by atoms with Crippen LogP contribution in [0.1, 0.15) is 35.9 Å². The van der Waals surface area contributed by atoms with E-state index in [9.17, 15) is 0 Å². The van der Waals surface area contributed by atoms with E-state index in [-0.39, 0.29) is 0 Å². The SMILES string of the molecule is CC/C=C\c1cc(C#N)c(C)nc1C. The number of rotatable bonds is 2. The molecule has 1 heterocycles. The lowest BCUT2D eigenvalue weighted by Crippen LogP contribution is -1.94. The second-order valence-corrected chi connectivity index (χ2v) is 3.22. The molecule has 0 aliphatic heterocycles. The molecular formula is C12H14N2. The van der Waals surface area contributed by atoms with Gasteiger partial charge >= 0.3 is 0 Å². The number of hydrogen-bond donors (Lipinski definition) is 0. The maximum atomic E-state index is 8.85. The van der Waals surface area contributed by atoms with Crippen LogP contribution in [0, 0.1) is 25.2 Å². The normalized spacial score (nSPS) is 10.4. The maximum absolute atomic E-state index is 8.85. The third-order valence-corrected chi connectivity index (χ3v) is 2.10. The van der Waals surface area contributed by atoms with Gasteiger partial charge in [-0.1, -0.05) is 19.1 Å². The van der Waals surface area contributed by atoms with E-state index in [0.717, 1.165) is 23.4 Å². The van der Waals surface area contributed by atoms with Gasteiger partial charge in [0.05, 0.1) is 11.3 Å². The zero-order chi connectivity index (χ0) is 10.6. The first kappa shape index (κ1) is 10.5. The van der Waals surface area contributed by atoms with Gasteiger partial charge in [-0.05, 0) is 31.9 Å². The van der Waals surface area contributed by atoms with Crippen LogP contribution in [0.3, 0.4) is 0 Å². The van der Waals surface area contributed by atoms with Gasteiger partial charge in [-0.15, -0.1) is 0 Å². The summed E-state index contributed by atoms with van der Waals surface area (Å²) in [5.41, 5.74) is 3.48. The minimum atomic E-state index is 0.659. The molecule has 0 radical (unpaired) electrons. The van der Waals surface area contributed by atoms with Gasteiger partial charge in [0.25, 0.3) is 0 Å². The van der Waals surface area contributed by atoms with Crippen LogP contribution in [-0.2, 0) is 0 Å². The van der Waals surface area contributed by atoms with Crippen molar-refractivity contribution in [2.24, 2.45) is 0 Å². The highest BCUT2D eigenvalue weighted by Crippen LogP contribution is 2.13. The second-order valence-electron chi connectivity index (χ2n) is 3.22. The number of allylic oxidation sites excluding steroid dienone is 1. The standard InChI is InChI=1S/C12H14N2/c1-4-5-6-11-7-12(8-13)10(3)14-9(11)2/h5-7H,4H2,1-3H3/b6-5-. The zero-order valence-corrected chi connectivity index (χ0v) is 8.83. The van der Waals surface area contributed by atoms with Crippen molar-refractivity contribution < 1.29 is 0 Å². The largest absolute Gasteiger partial charge is 0.256 e. The Hall–Kier alpha value is -1.62. The summed E-state index contributed by atoms with van der Waals surface area (Å²) in [4.78, 5) is 4.32. The third-order valence-electron chi connectivity index (χ3n) is 2.10. The highest BCUT2D eigenvalue weighted by Gasteiger charge is 2.02. The van der Waals surface area contributed by atoms with Gasteiger partial charge in [-0.25, -0.2) is 0 Å². The number of hydrogen-bond acceptors (Lipinski definition) is 2. The van der Waals surface area contributed by atoms with Crippen molar-refractivity contribution in [3.8, 4) is 6.07 Å². The second kappa shape index (κ2) is 4.57. The molecule has 1 aromatic rings. The Morgan fingerprint density at radius 3 is 2.71 bits per heavy atom. The number of nitrogens with zero attached hydrogens (tertiary/aromatic N) is 2. The van der Waals surface area contributed by atoms with Crippen molar-refractivity contribution in [1.82, 2.24) is 4.98 Å². The van der Waals surface area contributed by atoms with Crippen molar-refractivity contribution in [2.75, 3.05) is 0 Å². The molecule has 1 aromatic heterocycles. The van der Waals surface area contributed by atoms with E-state index in [1.165, 1.54) is 0 Å².